The highest BCUT2D eigenvalue weighted by molar-refractivity contribution is 7.92. The molecule has 0 aliphatic heterocycles. The van der Waals surface area contributed by atoms with Crippen LogP contribution in [0, 0.1) is 13.8 Å². The van der Waals surface area contributed by atoms with Crippen LogP contribution in [-0.2, 0) is 10.0 Å². The zero-order chi connectivity index (χ0) is 15.6. The second-order valence-electron chi connectivity index (χ2n) is 4.58. The third-order valence-corrected chi connectivity index (χ3v) is 4.48. The van der Waals surface area contributed by atoms with E-state index in [4.69, 9.17) is 5.11 Å². The van der Waals surface area contributed by atoms with E-state index in [1.165, 1.54) is 18.5 Å². The van der Waals surface area contributed by atoms with E-state index in [1.807, 2.05) is 0 Å². The van der Waals surface area contributed by atoms with Gasteiger partial charge in [-0.05, 0) is 43.2 Å². The molecule has 0 fully saturated rings. The van der Waals surface area contributed by atoms with Crippen LogP contribution < -0.4 is 4.72 Å². The first-order valence-electron chi connectivity index (χ1n) is 6.08. The molecule has 0 atom stereocenters. The van der Waals surface area contributed by atoms with Crippen LogP contribution in [0.4, 0.5) is 5.69 Å². The Bertz CT molecular complexity index is 786. The molecule has 7 heteroatoms. The van der Waals surface area contributed by atoms with Gasteiger partial charge in [0.25, 0.3) is 10.0 Å². The number of hydrogen-bond donors (Lipinski definition) is 2. The summed E-state index contributed by atoms with van der Waals surface area (Å²) < 4.78 is 27.1. The molecule has 2 aromatic rings. The molecule has 0 amide bonds. The summed E-state index contributed by atoms with van der Waals surface area (Å²) in [5, 5.41) is 9.11. The number of hydrogen-bond acceptors (Lipinski definition) is 4. The molecule has 2 N–H and O–H groups in total. The maximum Gasteiger partial charge on any atom is 0.335 e. The lowest BCUT2D eigenvalue weighted by molar-refractivity contribution is 0.0696. The molecule has 0 saturated carbocycles. The van der Waals surface area contributed by atoms with Gasteiger partial charge in [-0.15, -0.1) is 0 Å². The number of aromatic nitrogens is 1. The second-order valence-corrected chi connectivity index (χ2v) is 6.24. The summed E-state index contributed by atoms with van der Waals surface area (Å²) in [4.78, 5) is 14.9. The van der Waals surface area contributed by atoms with Gasteiger partial charge < -0.3 is 5.11 Å². The number of pyridine rings is 1. The van der Waals surface area contributed by atoms with Crippen molar-refractivity contribution in [1.82, 2.24) is 4.98 Å². The maximum absolute atomic E-state index is 12.4. The topological polar surface area (TPSA) is 96.4 Å². The number of aromatic carboxylic acids is 1. The Morgan fingerprint density at radius 3 is 2.52 bits per heavy atom. The molecular formula is C14H14N2O4S. The number of sulfonamides is 1. The summed E-state index contributed by atoms with van der Waals surface area (Å²) in [5.74, 6) is -1.16. The normalized spacial score (nSPS) is 11.1. The fraction of sp³-hybridized carbons (Fsp3) is 0.143. The van der Waals surface area contributed by atoms with E-state index < -0.39 is 16.0 Å². The van der Waals surface area contributed by atoms with E-state index in [0.29, 0.717) is 16.8 Å². The van der Waals surface area contributed by atoms with Gasteiger partial charge in [0, 0.05) is 6.20 Å². The van der Waals surface area contributed by atoms with Crippen LogP contribution in [0.3, 0.4) is 0 Å². The van der Waals surface area contributed by atoms with Gasteiger partial charge in [0.05, 0.1) is 22.3 Å². The van der Waals surface area contributed by atoms with Gasteiger partial charge >= 0.3 is 5.97 Å². The van der Waals surface area contributed by atoms with Crippen molar-refractivity contribution < 1.29 is 18.3 Å². The molecule has 21 heavy (non-hydrogen) atoms. The van der Waals surface area contributed by atoms with Crippen LogP contribution >= 0.6 is 0 Å². The number of carboxylic acids is 1. The molecule has 2 rings (SSSR count). The predicted octanol–water partition coefficient (Wildman–Crippen LogP) is 2.20. The Kier molecular flexibility index (Phi) is 3.95. The SMILES string of the molecule is Cc1cc(C)c(S(=O)(=O)Nc2cccnc2)cc1C(=O)O. The summed E-state index contributed by atoms with van der Waals surface area (Å²) in [5.41, 5.74) is 1.27. The van der Waals surface area contributed by atoms with E-state index in [2.05, 4.69) is 9.71 Å². The van der Waals surface area contributed by atoms with Gasteiger partial charge in [0.1, 0.15) is 0 Å². The zero-order valence-electron chi connectivity index (χ0n) is 11.5. The fourth-order valence-corrected chi connectivity index (χ4v) is 3.28. The molecule has 6 nitrogen and oxygen atoms in total. The summed E-state index contributed by atoms with van der Waals surface area (Å²) >= 11 is 0. The quantitative estimate of drug-likeness (QED) is 0.902. The smallest absolute Gasteiger partial charge is 0.335 e. The summed E-state index contributed by atoms with van der Waals surface area (Å²) in [6, 6.07) is 5.88. The zero-order valence-corrected chi connectivity index (χ0v) is 12.3. The first-order valence-corrected chi connectivity index (χ1v) is 7.57. The van der Waals surface area contributed by atoms with Crippen LogP contribution in [0.2, 0.25) is 0 Å². The monoisotopic (exact) mass is 306 g/mol. The Morgan fingerprint density at radius 1 is 1.24 bits per heavy atom. The highest BCUT2D eigenvalue weighted by Gasteiger charge is 2.20. The highest BCUT2D eigenvalue weighted by atomic mass is 32.2. The van der Waals surface area contributed by atoms with Crippen LogP contribution in [0.25, 0.3) is 0 Å². The number of benzene rings is 1. The van der Waals surface area contributed by atoms with Crippen molar-refractivity contribution in [3.8, 4) is 0 Å². The molecule has 0 saturated heterocycles. The van der Waals surface area contributed by atoms with Crippen molar-refractivity contribution in [3.05, 3.63) is 53.3 Å². The first kappa shape index (κ1) is 15.0. The third-order valence-electron chi connectivity index (χ3n) is 2.96. The predicted molar refractivity (Wildman–Crippen MR) is 77.9 cm³/mol. The van der Waals surface area contributed by atoms with Crippen molar-refractivity contribution in [3.63, 3.8) is 0 Å². The standard InChI is InChI=1S/C14H14N2O4S/c1-9-6-10(2)13(7-12(9)14(17)18)21(19,20)16-11-4-3-5-15-8-11/h3-8,16H,1-2H3,(H,17,18). The Hall–Kier alpha value is -2.41. The van der Waals surface area contributed by atoms with E-state index in [0.717, 1.165) is 0 Å². The van der Waals surface area contributed by atoms with Gasteiger partial charge in [-0.1, -0.05) is 6.07 Å². The van der Waals surface area contributed by atoms with E-state index in [1.54, 1.807) is 32.0 Å². The molecule has 0 unspecified atom stereocenters. The Labute approximate surface area is 122 Å². The minimum absolute atomic E-state index is 0.0350. The van der Waals surface area contributed by atoms with E-state index >= 15 is 0 Å². The third kappa shape index (κ3) is 3.19. The first-order chi connectivity index (χ1) is 9.81. The van der Waals surface area contributed by atoms with E-state index in [9.17, 15) is 13.2 Å². The lowest BCUT2D eigenvalue weighted by Crippen LogP contribution is -2.16. The van der Waals surface area contributed by atoms with Crippen molar-refractivity contribution in [1.29, 1.82) is 0 Å². The molecule has 0 aliphatic rings. The number of nitrogens with one attached hydrogen (secondary N) is 1. The molecule has 0 spiro atoms. The molecule has 110 valence electrons. The van der Waals surface area contributed by atoms with Crippen molar-refractivity contribution in [2.24, 2.45) is 0 Å². The lowest BCUT2D eigenvalue weighted by Gasteiger charge is -2.12. The number of rotatable bonds is 4. The number of carbonyl (C=O) groups is 1. The molecule has 1 heterocycles. The van der Waals surface area contributed by atoms with Gasteiger partial charge in [0.15, 0.2) is 0 Å². The molecular weight excluding hydrogens is 292 g/mol. The van der Waals surface area contributed by atoms with Gasteiger partial charge in [-0.2, -0.15) is 0 Å². The average molecular weight is 306 g/mol. The van der Waals surface area contributed by atoms with Crippen LogP contribution in [0.15, 0.2) is 41.6 Å². The largest absolute Gasteiger partial charge is 0.478 e. The molecule has 1 aromatic carbocycles. The molecule has 1 aromatic heterocycles. The minimum atomic E-state index is -3.87. The van der Waals surface area contributed by atoms with E-state index in [-0.39, 0.29) is 10.5 Å². The summed E-state index contributed by atoms with van der Waals surface area (Å²) in [6.07, 6.45) is 2.90. The van der Waals surface area contributed by atoms with Gasteiger partial charge in [-0.3, -0.25) is 9.71 Å². The lowest BCUT2D eigenvalue weighted by atomic mass is 10.1. The summed E-state index contributed by atoms with van der Waals surface area (Å²) in [7, 11) is -3.87. The molecule has 0 aliphatic carbocycles. The van der Waals surface area contributed by atoms with Gasteiger partial charge in [0.2, 0.25) is 0 Å². The average Bonchev–Trinajstić information content (AvgIpc) is 2.38. The number of carboxylic acid groups (broad SMARTS) is 1. The van der Waals surface area contributed by atoms with Gasteiger partial charge in [-0.25, -0.2) is 13.2 Å². The van der Waals surface area contributed by atoms with Crippen LogP contribution in [0.5, 0.6) is 0 Å². The Balaban J connectivity index is 2.50. The van der Waals surface area contributed by atoms with Crippen LogP contribution in [0.1, 0.15) is 21.5 Å². The summed E-state index contributed by atoms with van der Waals surface area (Å²) in [6.45, 7) is 3.25. The molecule has 0 bridgehead atoms. The Morgan fingerprint density at radius 2 is 1.95 bits per heavy atom. The van der Waals surface area contributed by atoms with Crippen molar-refractivity contribution >= 4 is 21.7 Å². The second kappa shape index (κ2) is 5.53. The maximum atomic E-state index is 12.4. The van der Waals surface area contributed by atoms with Crippen molar-refractivity contribution in [2.75, 3.05) is 4.72 Å². The number of nitrogens with zero attached hydrogens (tertiary/aromatic N) is 1. The fourth-order valence-electron chi connectivity index (χ4n) is 1.99. The number of anilines is 1. The van der Waals surface area contributed by atoms with Crippen LogP contribution in [-0.4, -0.2) is 24.5 Å². The minimum Gasteiger partial charge on any atom is -0.478 e. The molecule has 0 radical (unpaired) electrons. The highest BCUT2D eigenvalue weighted by Crippen LogP contribution is 2.23. The number of aryl methyl sites for hydroxylation is 2. The van der Waals surface area contributed by atoms with Crippen molar-refractivity contribution in [2.45, 2.75) is 18.7 Å².